The van der Waals surface area contributed by atoms with E-state index in [2.05, 4.69) is 5.32 Å². The summed E-state index contributed by atoms with van der Waals surface area (Å²) in [6.07, 6.45) is 4.61. The zero-order valence-corrected chi connectivity index (χ0v) is 10.0. The lowest BCUT2D eigenvalue weighted by Crippen LogP contribution is -2.59. The van der Waals surface area contributed by atoms with Crippen LogP contribution in [0.3, 0.4) is 0 Å². The van der Waals surface area contributed by atoms with Crippen LogP contribution in [0.1, 0.15) is 39.0 Å². The third-order valence-electron chi connectivity index (χ3n) is 3.77. The van der Waals surface area contributed by atoms with Crippen LogP contribution in [-0.4, -0.2) is 47.2 Å². The highest BCUT2D eigenvalue weighted by molar-refractivity contribution is 5.86. The highest BCUT2D eigenvalue weighted by Gasteiger charge is 2.38. The third kappa shape index (κ3) is 2.38. The number of likely N-dealkylation sites (tertiary alicyclic amines) is 1. The van der Waals surface area contributed by atoms with Crippen molar-refractivity contribution < 1.29 is 9.90 Å². The molecule has 0 radical (unpaired) electrons. The Kier molecular flexibility index (Phi) is 3.50. The van der Waals surface area contributed by atoms with Crippen LogP contribution in [0.5, 0.6) is 0 Å². The van der Waals surface area contributed by atoms with Gasteiger partial charge in [-0.05, 0) is 45.6 Å². The second-order valence-electron chi connectivity index (χ2n) is 5.26. The molecule has 2 N–H and O–H groups in total. The number of aliphatic hydroxyl groups is 1. The molecule has 1 amide bonds. The van der Waals surface area contributed by atoms with Gasteiger partial charge in [-0.3, -0.25) is 4.79 Å². The van der Waals surface area contributed by atoms with Crippen molar-refractivity contribution >= 4 is 5.91 Å². The minimum atomic E-state index is -0.394. The van der Waals surface area contributed by atoms with E-state index < -0.39 is 5.54 Å². The fraction of sp³-hybridized carbons (Fsp3) is 0.917. The van der Waals surface area contributed by atoms with Crippen molar-refractivity contribution in [2.75, 3.05) is 19.6 Å². The van der Waals surface area contributed by atoms with E-state index in [1.807, 2.05) is 11.8 Å². The number of hydrogen-bond acceptors (Lipinski definition) is 3. The average molecular weight is 226 g/mol. The molecule has 0 saturated carbocycles. The van der Waals surface area contributed by atoms with Crippen molar-refractivity contribution in [2.45, 2.75) is 50.7 Å². The molecule has 2 rings (SSSR count). The number of carbonyl (C=O) groups is 1. The first-order chi connectivity index (χ1) is 7.62. The van der Waals surface area contributed by atoms with Gasteiger partial charge in [-0.25, -0.2) is 0 Å². The summed E-state index contributed by atoms with van der Waals surface area (Å²) in [5.41, 5.74) is -0.394. The zero-order chi connectivity index (χ0) is 11.6. The standard InChI is InChI=1S/C12H22N2O2/c1-12(6-2-3-7-13-12)11(16)14-8-4-5-10(15)9-14/h10,13,15H,2-9H2,1H3. The quantitative estimate of drug-likeness (QED) is 0.684. The predicted molar refractivity (Wildman–Crippen MR) is 62.1 cm³/mol. The smallest absolute Gasteiger partial charge is 0.242 e. The molecule has 0 aromatic carbocycles. The van der Waals surface area contributed by atoms with Gasteiger partial charge in [-0.1, -0.05) is 0 Å². The third-order valence-corrected chi connectivity index (χ3v) is 3.77. The number of piperidine rings is 2. The maximum Gasteiger partial charge on any atom is 0.242 e. The lowest BCUT2D eigenvalue weighted by Gasteiger charge is -2.40. The summed E-state index contributed by atoms with van der Waals surface area (Å²) in [5, 5.41) is 12.9. The maximum atomic E-state index is 12.4. The van der Waals surface area contributed by atoms with E-state index in [1.54, 1.807) is 0 Å². The second-order valence-corrected chi connectivity index (χ2v) is 5.26. The fourth-order valence-corrected chi connectivity index (χ4v) is 2.73. The molecule has 2 aliphatic heterocycles. The Labute approximate surface area is 97.0 Å². The van der Waals surface area contributed by atoms with Gasteiger partial charge in [-0.15, -0.1) is 0 Å². The molecule has 2 heterocycles. The highest BCUT2D eigenvalue weighted by atomic mass is 16.3. The number of nitrogens with one attached hydrogen (secondary N) is 1. The SMILES string of the molecule is CC1(C(=O)N2CCCC(O)C2)CCCCN1. The Balaban J connectivity index is 1.99. The predicted octanol–water partition coefficient (Wildman–Crippen LogP) is 0.502. The summed E-state index contributed by atoms with van der Waals surface area (Å²) in [6, 6.07) is 0. The van der Waals surface area contributed by atoms with Crippen molar-refractivity contribution in [3.8, 4) is 0 Å². The van der Waals surface area contributed by atoms with Crippen molar-refractivity contribution in [1.29, 1.82) is 0 Å². The molecule has 2 atom stereocenters. The second kappa shape index (κ2) is 4.72. The topological polar surface area (TPSA) is 52.6 Å². The molecule has 2 aliphatic rings. The molecule has 2 saturated heterocycles. The Morgan fingerprint density at radius 3 is 2.88 bits per heavy atom. The van der Waals surface area contributed by atoms with Gasteiger partial charge < -0.3 is 15.3 Å². The number of carbonyl (C=O) groups excluding carboxylic acids is 1. The van der Waals surface area contributed by atoms with Crippen LogP contribution >= 0.6 is 0 Å². The Morgan fingerprint density at radius 1 is 1.44 bits per heavy atom. The van der Waals surface area contributed by atoms with Crippen LogP contribution in [0.15, 0.2) is 0 Å². The fourth-order valence-electron chi connectivity index (χ4n) is 2.73. The van der Waals surface area contributed by atoms with E-state index in [9.17, 15) is 9.90 Å². The van der Waals surface area contributed by atoms with Gasteiger partial charge in [-0.2, -0.15) is 0 Å². The molecule has 4 nitrogen and oxygen atoms in total. The minimum absolute atomic E-state index is 0.172. The van der Waals surface area contributed by atoms with E-state index in [4.69, 9.17) is 0 Å². The Morgan fingerprint density at radius 2 is 2.25 bits per heavy atom. The lowest BCUT2D eigenvalue weighted by molar-refractivity contribution is -0.141. The average Bonchev–Trinajstić information content (AvgIpc) is 2.29. The molecule has 0 aromatic rings. The summed E-state index contributed by atoms with van der Waals surface area (Å²) in [6.45, 7) is 4.23. The van der Waals surface area contributed by atoms with Crippen molar-refractivity contribution in [1.82, 2.24) is 10.2 Å². The molecule has 0 spiro atoms. The van der Waals surface area contributed by atoms with Crippen molar-refractivity contribution in [2.24, 2.45) is 0 Å². The van der Waals surface area contributed by atoms with E-state index in [1.165, 1.54) is 0 Å². The van der Waals surface area contributed by atoms with E-state index >= 15 is 0 Å². The minimum Gasteiger partial charge on any atom is -0.391 e. The number of amides is 1. The van der Waals surface area contributed by atoms with Crippen LogP contribution in [-0.2, 0) is 4.79 Å². The van der Waals surface area contributed by atoms with Gasteiger partial charge in [0.1, 0.15) is 0 Å². The number of β-amino-alcohol motifs (C(OH)–C–C–N with tert-alkyl or cyclic N) is 1. The lowest BCUT2D eigenvalue weighted by atomic mass is 9.89. The molecule has 2 unspecified atom stereocenters. The highest BCUT2D eigenvalue weighted by Crippen LogP contribution is 2.23. The van der Waals surface area contributed by atoms with Crippen molar-refractivity contribution in [3.63, 3.8) is 0 Å². The molecule has 92 valence electrons. The first kappa shape index (κ1) is 11.9. The molecular weight excluding hydrogens is 204 g/mol. The summed E-state index contributed by atoms with van der Waals surface area (Å²) in [5.74, 6) is 0.172. The zero-order valence-electron chi connectivity index (χ0n) is 10.0. The molecule has 2 fully saturated rings. The van der Waals surface area contributed by atoms with Gasteiger partial charge in [0.2, 0.25) is 5.91 Å². The van der Waals surface area contributed by atoms with Crippen LogP contribution in [0, 0.1) is 0 Å². The normalized spacial score (nSPS) is 36.1. The van der Waals surface area contributed by atoms with Crippen molar-refractivity contribution in [3.05, 3.63) is 0 Å². The first-order valence-corrected chi connectivity index (χ1v) is 6.34. The molecule has 0 aromatic heterocycles. The van der Waals surface area contributed by atoms with Crippen LogP contribution in [0.4, 0.5) is 0 Å². The number of rotatable bonds is 1. The van der Waals surface area contributed by atoms with Crippen LogP contribution < -0.4 is 5.32 Å². The number of hydrogen-bond donors (Lipinski definition) is 2. The molecule has 0 bridgehead atoms. The molecule has 16 heavy (non-hydrogen) atoms. The van der Waals surface area contributed by atoms with Gasteiger partial charge in [0.05, 0.1) is 11.6 Å². The number of nitrogens with zero attached hydrogens (tertiary/aromatic N) is 1. The number of aliphatic hydroxyl groups excluding tert-OH is 1. The summed E-state index contributed by atoms with van der Waals surface area (Å²) < 4.78 is 0. The van der Waals surface area contributed by atoms with E-state index in [0.717, 1.165) is 45.2 Å². The van der Waals surface area contributed by atoms with Gasteiger partial charge >= 0.3 is 0 Å². The van der Waals surface area contributed by atoms with E-state index in [0.29, 0.717) is 6.54 Å². The summed E-state index contributed by atoms with van der Waals surface area (Å²) in [7, 11) is 0. The summed E-state index contributed by atoms with van der Waals surface area (Å²) in [4.78, 5) is 14.2. The maximum absolute atomic E-state index is 12.4. The largest absolute Gasteiger partial charge is 0.391 e. The Bertz CT molecular complexity index is 262. The van der Waals surface area contributed by atoms with Gasteiger partial charge in [0.25, 0.3) is 0 Å². The summed E-state index contributed by atoms with van der Waals surface area (Å²) >= 11 is 0. The van der Waals surface area contributed by atoms with Gasteiger partial charge in [0.15, 0.2) is 0 Å². The Hall–Kier alpha value is -0.610. The molecule has 4 heteroatoms. The van der Waals surface area contributed by atoms with E-state index in [-0.39, 0.29) is 12.0 Å². The van der Waals surface area contributed by atoms with Crippen LogP contribution in [0.2, 0.25) is 0 Å². The van der Waals surface area contributed by atoms with Crippen LogP contribution in [0.25, 0.3) is 0 Å². The monoisotopic (exact) mass is 226 g/mol. The molecular formula is C12H22N2O2. The molecule has 0 aliphatic carbocycles. The first-order valence-electron chi connectivity index (χ1n) is 6.34. The van der Waals surface area contributed by atoms with Gasteiger partial charge in [0, 0.05) is 13.1 Å².